The first-order valence-electron chi connectivity index (χ1n) is 11.2. The summed E-state index contributed by atoms with van der Waals surface area (Å²) < 4.78 is 0. The Balaban J connectivity index is 1.43. The largest absolute Gasteiger partial charge is 0.396 e. The van der Waals surface area contributed by atoms with Gasteiger partial charge in [-0.2, -0.15) is 0 Å². The van der Waals surface area contributed by atoms with Crippen LogP contribution in [0.2, 0.25) is 0 Å². The van der Waals surface area contributed by atoms with Crippen molar-refractivity contribution in [2.45, 2.75) is 70.1 Å². The molecule has 0 radical (unpaired) electrons. The average molecular weight is 381 g/mol. The molecule has 1 saturated carbocycles. The van der Waals surface area contributed by atoms with Crippen LogP contribution >= 0.6 is 0 Å². The van der Waals surface area contributed by atoms with E-state index < -0.39 is 0 Å². The van der Waals surface area contributed by atoms with Crippen LogP contribution in [0.5, 0.6) is 0 Å². The second kappa shape index (κ2) is 11.4. The van der Waals surface area contributed by atoms with Crippen LogP contribution < -0.4 is 0 Å². The van der Waals surface area contributed by atoms with E-state index in [0.717, 1.165) is 38.0 Å². The average Bonchev–Trinajstić information content (AvgIpc) is 2.77. The molecule has 152 valence electrons. The molecule has 1 fully saturated rings. The van der Waals surface area contributed by atoms with Crippen molar-refractivity contribution in [3.05, 3.63) is 70.8 Å². The first kappa shape index (κ1) is 21.1. The minimum atomic E-state index is 0.0313. The number of aliphatic hydroxyl groups excluding tert-OH is 2. The van der Waals surface area contributed by atoms with E-state index in [1.807, 2.05) is 0 Å². The van der Waals surface area contributed by atoms with E-state index in [9.17, 15) is 0 Å². The topological polar surface area (TPSA) is 40.5 Å². The maximum absolute atomic E-state index is 9.13. The Labute approximate surface area is 170 Å². The van der Waals surface area contributed by atoms with Crippen LogP contribution in [0.25, 0.3) is 0 Å². The third kappa shape index (κ3) is 6.46. The Bertz CT molecular complexity index is 665. The van der Waals surface area contributed by atoms with E-state index in [2.05, 4.69) is 48.5 Å². The SMILES string of the molecule is OCC(CO)CCCc1ccc(CCc2ccc(C3CCCCC3)cc2)cc1. The highest BCUT2D eigenvalue weighted by atomic mass is 16.3. The Morgan fingerprint density at radius 2 is 1.18 bits per heavy atom. The third-order valence-corrected chi connectivity index (χ3v) is 6.38. The summed E-state index contributed by atoms with van der Waals surface area (Å²) in [5, 5.41) is 18.3. The van der Waals surface area contributed by atoms with Crippen LogP contribution in [0.3, 0.4) is 0 Å². The van der Waals surface area contributed by atoms with Crippen LogP contribution in [0.1, 0.15) is 73.1 Å². The van der Waals surface area contributed by atoms with Gasteiger partial charge in [-0.3, -0.25) is 0 Å². The molecule has 2 N–H and O–H groups in total. The summed E-state index contributed by atoms with van der Waals surface area (Å²) in [4.78, 5) is 0. The smallest absolute Gasteiger partial charge is 0.0481 e. The molecule has 1 aliphatic rings. The Hall–Kier alpha value is -1.64. The summed E-state index contributed by atoms with van der Waals surface area (Å²) in [6.45, 7) is 0.161. The molecule has 2 nitrogen and oxygen atoms in total. The molecular formula is C26H36O2. The van der Waals surface area contributed by atoms with E-state index in [4.69, 9.17) is 10.2 Å². The van der Waals surface area contributed by atoms with Gasteiger partial charge in [0.05, 0.1) is 0 Å². The molecule has 0 saturated heterocycles. The van der Waals surface area contributed by atoms with Gasteiger partial charge in [-0.15, -0.1) is 0 Å². The van der Waals surface area contributed by atoms with Crippen molar-refractivity contribution in [3.8, 4) is 0 Å². The highest BCUT2D eigenvalue weighted by molar-refractivity contribution is 5.28. The number of hydrogen-bond donors (Lipinski definition) is 2. The van der Waals surface area contributed by atoms with Crippen molar-refractivity contribution in [3.63, 3.8) is 0 Å². The minimum absolute atomic E-state index is 0.0313. The lowest BCUT2D eigenvalue weighted by atomic mass is 9.84. The zero-order chi connectivity index (χ0) is 19.6. The molecule has 0 bridgehead atoms. The van der Waals surface area contributed by atoms with Gasteiger partial charge < -0.3 is 10.2 Å². The number of rotatable bonds is 10. The van der Waals surface area contributed by atoms with Crippen LogP contribution in [0, 0.1) is 5.92 Å². The van der Waals surface area contributed by atoms with Gasteiger partial charge in [0.1, 0.15) is 0 Å². The summed E-state index contributed by atoms with van der Waals surface area (Å²) in [6, 6.07) is 18.3. The lowest BCUT2D eigenvalue weighted by molar-refractivity contribution is 0.142. The highest BCUT2D eigenvalue weighted by Crippen LogP contribution is 2.32. The van der Waals surface area contributed by atoms with Gasteiger partial charge in [0.15, 0.2) is 0 Å². The highest BCUT2D eigenvalue weighted by Gasteiger charge is 2.15. The van der Waals surface area contributed by atoms with E-state index in [-0.39, 0.29) is 19.1 Å². The van der Waals surface area contributed by atoms with Crippen molar-refractivity contribution in [1.82, 2.24) is 0 Å². The number of hydrogen-bond acceptors (Lipinski definition) is 2. The molecular weight excluding hydrogens is 344 g/mol. The fourth-order valence-electron chi connectivity index (χ4n) is 4.39. The lowest BCUT2D eigenvalue weighted by Crippen LogP contribution is -2.10. The summed E-state index contributed by atoms with van der Waals surface area (Å²) >= 11 is 0. The van der Waals surface area contributed by atoms with Crippen LogP contribution in [-0.4, -0.2) is 23.4 Å². The monoisotopic (exact) mass is 380 g/mol. The standard InChI is InChI=1S/C26H36O2/c27-19-24(20-28)6-4-5-21-9-11-22(12-10-21)13-14-23-15-17-26(18-16-23)25-7-2-1-3-8-25/h9-12,15-18,24-25,27-28H,1-8,13-14,19-20H2. The van der Waals surface area contributed by atoms with E-state index in [1.165, 1.54) is 54.4 Å². The second-order valence-electron chi connectivity index (χ2n) is 8.52. The van der Waals surface area contributed by atoms with Crippen LogP contribution in [-0.2, 0) is 19.3 Å². The Morgan fingerprint density at radius 3 is 1.71 bits per heavy atom. The fourth-order valence-corrected chi connectivity index (χ4v) is 4.39. The first-order valence-corrected chi connectivity index (χ1v) is 11.2. The molecule has 0 amide bonds. The van der Waals surface area contributed by atoms with E-state index in [1.54, 1.807) is 0 Å². The van der Waals surface area contributed by atoms with Gasteiger partial charge in [-0.25, -0.2) is 0 Å². The zero-order valence-electron chi connectivity index (χ0n) is 17.2. The van der Waals surface area contributed by atoms with Crippen molar-refractivity contribution in [1.29, 1.82) is 0 Å². The third-order valence-electron chi connectivity index (χ3n) is 6.38. The summed E-state index contributed by atoms with van der Waals surface area (Å²) in [5.74, 6) is 0.823. The minimum Gasteiger partial charge on any atom is -0.396 e. The zero-order valence-corrected chi connectivity index (χ0v) is 17.2. The second-order valence-corrected chi connectivity index (χ2v) is 8.52. The Kier molecular flexibility index (Phi) is 8.57. The number of benzene rings is 2. The molecule has 28 heavy (non-hydrogen) atoms. The molecule has 0 aromatic heterocycles. The molecule has 2 heteroatoms. The molecule has 0 heterocycles. The van der Waals surface area contributed by atoms with Gasteiger partial charge in [0.25, 0.3) is 0 Å². The van der Waals surface area contributed by atoms with Gasteiger partial charge in [-0.1, -0.05) is 67.8 Å². The quantitative estimate of drug-likeness (QED) is 0.576. The summed E-state index contributed by atoms with van der Waals surface area (Å²) in [6.07, 6.45) is 12.0. The molecule has 3 rings (SSSR count). The molecule has 2 aromatic carbocycles. The van der Waals surface area contributed by atoms with Gasteiger partial charge in [0.2, 0.25) is 0 Å². The lowest BCUT2D eigenvalue weighted by Gasteiger charge is -2.22. The molecule has 0 unspecified atom stereocenters. The fraction of sp³-hybridized carbons (Fsp3) is 0.538. The van der Waals surface area contributed by atoms with Crippen molar-refractivity contribution < 1.29 is 10.2 Å². The summed E-state index contributed by atoms with van der Waals surface area (Å²) in [5.41, 5.74) is 5.71. The molecule has 0 spiro atoms. The maximum Gasteiger partial charge on any atom is 0.0481 e. The van der Waals surface area contributed by atoms with Crippen molar-refractivity contribution in [2.75, 3.05) is 13.2 Å². The van der Waals surface area contributed by atoms with Crippen LogP contribution in [0.15, 0.2) is 48.5 Å². The number of aryl methyl sites for hydroxylation is 3. The molecule has 1 aliphatic carbocycles. The van der Waals surface area contributed by atoms with Gasteiger partial charge in [-0.05, 0) is 73.1 Å². The van der Waals surface area contributed by atoms with Crippen molar-refractivity contribution in [2.24, 2.45) is 5.92 Å². The first-order chi connectivity index (χ1) is 13.8. The van der Waals surface area contributed by atoms with Gasteiger partial charge >= 0.3 is 0 Å². The molecule has 0 atom stereocenters. The predicted octanol–water partition coefficient (Wildman–Crippen LogP) is 5.44. The van der Waals surface area contributed by atoms with Crippen molar-refractivity contribution >= 4 is 0 Å². The molecule has 2 aromatic rings. The van der Waals surface area contributed by atoms with Crippen LogP contribution in [0.4, 0.5) is 0 Å². The normalized spacial score (nSPS) is 15.2. The maximum atomic E-state index is 9.13. The summed E-state index contributed by atoms with van der Waals surface area (Å²) in [7, 11) is 0. The van der Waals surface area contributed by atoms with Gasteiger partial charge in [0, 0.05) is 19.1 Å². The van der Waals surface area contributed by atoms with E-state index in [0.29, 0.717) is 0 Å². The van der Waals surface area contributed by atoms with E-state index >= 15 is 0 Å². The number of aliphatic hydroxyl groups is 2. The molecule has 0 aliphatic heterocycles. The Morgan fingerprint density at radius 1 is 0.679 bits per heavy atom. The predicted molar refractivity (Wildman–Crippen MR) is 117 cm³/mol.